The van der Waals surface area contributed by atoms with Gasteiger partial charge in [-0.3, -0.25) is 20.4 Å². The van der Waals surface area contributed by atoms with Crippen LogP contribution >= 0.6 is 15.9 Å². The zero-order valence-electron chi connectivity index (χ0n) is 13.4. The lowest BCUT2D eigenvalue weighted by atomic mass is 10.2. The number of benzene rings is 2. The number of nitrogens with one attached hydrogen (secondary N) is 2. The minimum Gasteiger partial charge on any atom is -0.484 e. The van der Waals surface area contributed by atoms with Crippen LogP contribution in [0.2, 0.25) is 0 Å². The van der Waals surface area contributed by atoms with Crippen molar-refractivity contribution in [1.29, 1.82) is 0 Å². The molecule has 0 heterocycles. The van der Waals surface area contributed by atoms with E-state index < -0.39 is 11.8 Å². The fourth-order valence-electron chi connectivity index (χ4n) is 1.84. The average Bonchev–Trinajstić information content (AvgIpc) is 2.59. The number of anilines is 1. The van der Waals surface area contributed by atoms with Crippen LogP contribution in [-0.4, -0.2) is 32.5 Å². The van der Waals surface area contributed by atoms with Crippen LogP contribution in [-0.2, 0) is 4.79 Å². The van der Waals surface area contributed by atoms with Crippen molar-refractivity contribution in [3.05, 3.63) is 58.6 Å². The molecular formula is C17H18BrN3O3. The van der Waals surface area contributed by atoms with Gasteiger partial charge in [0.05, 0.1) is 0 Å². The zero-order chi connectivity index (χ0) is 17.5. The molecule has 0 spiro atoms. The first-order chi connectivity index (χ1) is 11.5. The summed E-state index contributed by atoms with van der Waals surface area (Å²) in [6.07, 6.45) is 0. The minimum absolute atomic E-state index is 0.195. The highest BCUT2D eigenvalue weighted by molar-refractivity contribution is 9.10. The van der Waals surface area contributed by atoms with Crippen LogP contribution in [0.1, 0.15) is 10.4 Å². The van der Waals surface area contributed by atoms with Gasteiger partial charge in [0.15, 0.2) is 6.61 Å². The number of hydrogen-bond acceptors (Lipinski definition) is 4. The van der Waals surface area contributed by atoms with Gasteiger partial charge in [-0.2, -0.15) is 0 Å². The molecule has 0 saturated heterocycles. The summed E-state index contributed by atoms with van der Waals surface area (Å²) in [6.45, 7) is -0.195. The smallest absolute Gasteiger partial charge is 0.276 e. The van der Waals surface area contributed by atoms with E-state index in [0.717, 1.165) is 10.2 Å². The van der Waals surface area contributed by atoms with Gasteiger partial charge in [0, 0.05) is 29.8 Å². The first kappa shape index (κ1) is 17.8. The Morgan fingerprint density at radius 3 is 2.46 bits per heavy atom. The Labute approximate surface area is 148 Å². The second-order valence-electron chi connectivity index (χ2n) is 5.19. The summed E-state index contributed by atoms with van der Waals surface area (Å²) < 4.78 is 6.24. The van der Waals surface area contributed by atoms with E-state index >= 15 is 0 Å². The van der Waals surface area contributed by atoms with Gasteiger partial charge in [0.2, 0.25) is 0 Å². The molecule has 7 heteroatoms. The van der Waals surface area contributed by atoms with Gasteiger partial charge in [-0.05, 0) is 42.5 Å². The maximum atomic E-state index is 12.0. The van der Waals surface area contributed by atoms with Gasteiger partial charge in [-0.15, -0.1) is 0 Å². The highest BCUT2D eigenvalue weighted by Crippen LogP contribution is 2.16. The Hall–Kier alpha value is -2.54. The molecule has 2 rings (SSSR count). The molecule has 0 atom stereocenters. The fourth-order valence-corrected chi connectivity index (χ4v) is 2.10. The molecule has 2 N–H and O–H groups in total. The van der Waals surface area contributed by atoms with E-state index in [1.807, 2.05) is 37.2 Å². The Morgan fingerprint density at radius 2 is 1.79 bits per heavy atom. The van der Waals surface area contributed by atoms with Gasteiger partial charge in [-0.1, -0.05) is 22.0 Å². The van der Waals surface area contributed by atoms with E-state index in [-0.39, 0.29) is 6.61 Å². The number of hydrazine groups is 1. The van der Waals surface area contributed by atoms with Crippen LogP contribution in [0.4, 0.5) is 5.69 Å². The number of carbonyl (C=O) groups is 2. The topological polar surface area (TPSA) is 70.7 Å². The van der Waals surface area contributed by atoms with Crippen molar-refractivity contribution in [2.75, 3.05) is 25.6 Å². The van der Waals surface area contributed by atoms with Crippen LogP contribution in [0.3, 0.4) is 0 Å². The zero-order valence-corrected chi connectivity index (χ0v) is 15.0. The van der Waals surface area contributed by atoms with Crippen LogP contribution < -0.4 is 20.5 Å². The molecule has 0 unspecified atom stereocenters. The van der Waals surface area contributed by atoms with E-state index in [9.17, 15) is 9.59 Å². The third kappa shape index (κ3) is 5.27. The average molecular weight is 392 g/mol. The Balaban J connectivity index is 1.81. The predicted octanol–water partition coefficient (Wildman–Crippen LogP) is 2.36. The van der Waals surface area contributed by atoms with Gasteiger partial charge >= 0.3 is 0 Å². The van der Waals surface area contributed by atoms with Crippen LogP contribution in [0.25, 0.3) is 0 Å². The molecule has 0 saturated carbocycles. The number of carbonyl (C=O) groups excluding carboxylic acids is 2. The Kier molecular flexibility index (Phi) is 6.20. The van der Waals surface area contributed by atoms with Crippen molar-refractivity contribution < 1.29 is 14.3 Å². The number of nitrogens with zero attached hydrogens (tertiary/aromatic N) is 1. The third-order valence-corrected chi connectivity index (χ3v) is 3.65. The maximum absolute atomic E-state index is 12.0. The lowest BCUT2D eigenvalue weighted by Gasteiger charge is -2.13. The Bertz CT molecular complexity index is 717. The molecule has 6 nitrogen and oxygen atoms in total. The van der Waals surface area contributed by atoms with E-state index in [1.54, 1.807) is 30.3 Å². The maximum Gasteiger partial charge on any atom is 0.276 e. The predicted molar refractivity (Wildman–Crippen MR) is 96.0 cm³/mol. The third-order valence-electron chi connectivity index (χ3n) is 3.12. The summed E-state index contributed by atoms with van der Waals surface area (Å²) in [7, 11) is 3.77. The summed E-state index contributed by atoms with van der Waals surface area (Å²) >= 11 is 3.32. The summed E-state index contributed by atoms with van der Waals surface area (Å²) in [5, 5.41) is 0. The summed E-state index contributed by atoms with van der Waals surface area (Å²) in [5.41, 5.74) is 6.04. The van der Waals surface area contributed by atoms with E-state index in [1.165, 1.54) is 0 Å². The van der Waals surface area contributed by atoms with Gasteiger partial charge < -0.3 is 9.64 Å². The molecule has 2 aromatic carbocycles. The number of amides is 2. The molecular weight excluding hydrogens is 374 g/mol. The highest BCUT2D eigenvalue weighted by atomic mass is 79.9. The van der Waals surface area contributed by atoms with E-state index in [2.05, 4.69) is 26.8 Å². The summed E-state index contributed by atoms with van der Waals surface area (Å²) in [4.78, 5) is 25.7. The quantitative estimate of drug-likeness (QED) is 0.767. The van der Waals surface area contributed by atoms with Crippen LogP contribution in [0.15, 0.2) is 53.0 Å². The van der Waals surface area contributed by atoms with E-state index in [0.29, 0.717) is 11.3 Å². The fraction of sp³-hybridized carbons (Fsp3) is 0.176. The first-order valence-corrected chi connectivity index (χ1v) is 8.00. The lowest BCUT2D eigenvalue weighted by Crippen LogP contribution is -2.43. The molecule has 0 radical (unpaired) electrons. The molecule has 0 fully saturated rings. The second kappa shape index (κ2) is 8.35. The molecule has 24 heavy (non-hydrogen) atoms. The minimum atomic E-state index is -0.449. The van der Waals surface area contributed by atoms with Gasteiger partial charge in [-0.25, -0.2) is 0 Å². The molecule has 2 aromatic rings. The normalized spacial score (nSPS) is 9.96. The number of halogens is 1. The SMILES string of the molecule is CN(C)c1cccc(C(=O)NNC(=O)COc2ccc(Br)cc2)c1. The summed E-state index contributed by atoms with van der Waals surface area (Å²) in [6, 6.07) is 14.2. The van der Waals surface area contributed by atoms with Crippen molar-refractivity contribution in [3.63, 3.8) is 0 Å². The summed E-state index contributed by atoms with van der Waals surface area (Å²) in [5.74, 6) is -0.274. The van der Waals surface area contributed by atoms with Gasteiger partial charge in [0.1, 0.15) is 5.75 Å². The molecule has 0 bridgehead atoms. The molecule has 2 amide bonds. The molecule has 0 aromatic heterocycles. The number of hydrogen-bond donors (Lipinski definition) is 2. The second-order valence-corrected chi connectivity index (χ2v) is 6.11. The molecule has 126 valence electrons. The Morgan fingerprint density at radius 1 is 1.08 bits per heavy atom. The standard InChI is InChI=1S/C17H18BrN3O3/c1-21(2)14-5-3-4-12(10-14)17(23)20-19-16(22)11-24-15-8-6-13(18)7-9-15/h3-10H,11H2,1-2H3,(H,19,22)(H,20,23). The van der Waals surface area contributed by atoms with Crippen LogP contribution in [0, 0.1) is 0 Å². The molecule has 0 aliphatic rings. The molecule has 0 aliphatic heterocycles. The van der Waals surface area contributed by atoms with Crippen molar-refractivity contribution in [3.8, 4) is 5.75 Å². The van der Waals surface area contributed by atoms with Crippen molar-refractivity contribution in [2.24, 2.45) is 0 Å². The van der Waals surface area contributed by atoms with Crippen LogP contribution in [0.5, 0.6) is 5.75 Å². The monoisotopic (exact) mass is 391 g/mol. The lowest BCUT2D eigenvalue weighted by molar-refractivity contribution is -0.123. The van der Waals surface area contributed by atoms with Crippen molar-refractivity contribution in [2.45, 2.75) is 0 Å². The van der Waals surface area contributed by atoms with E-state index in [4.69, 9.17) is 4.74 Å². The van der Waals surface area contributed by atoms with Crippen molar-refractivity contribution in [1.82, 2.24) is 10.9 Å². The molecule has 0 aliphatic carbocycles. The number of rotatable bonds is 5. The largest absolute Gasteiger partial charge is 0.484 e. The van der Waals surface area contributed by atoms with Gasteiger partial charge in [0.25, 0.3) is 11.8 Å². The number of ether oxygens (including phenoxy) is 1. The highest BCUT2D eigenvalue weighted by Gasteiger charge is 2.09. The van der Waals surface area contributed by atoms with Crippen molar-refractivity contribution >= 4 is 33.4 Å². The first-order valence-electron chi connectivity index (χ1n) is 7.20.